The summed E-state index contributed by atoms with van der Waals surface area (Å²) in [6, 6.07) is -0.663. The molecule has 0 spiro atoms. The molecule has 0 amide bonds. The van der Waals surface area contributed by atoms with Crippen molar-refractivity contribution in [3.63, 3.8) is 0 Å². The Morgan fingerprint density at radius 1 is 1.29 bits per heavy atom. The Kier molecular flexibility index (Phi) is 18.6. The topological polar surface area (TPSA) is 95.9 Å². The minimum absolute atomic E-state index is 0. The normalized spacial score (nSPS) is 14.1. The van der Waals surface area contributed by atoms with Crippen LogP contribution >= 0.6 is 0 Å². The minimum Gasteiger partial charge on any atom is -0.874 e. The Morgan fingerprint density at radius 3 is 2.46 bits per heavy atom. The number of carboxylic acids is 1. The maximum absolute atomic E-state index is 11.5. The van der Waals surface area contributed by atoms with E-state index in [1.807, 2.05) is 6.92 Å². The fourth-order valence-electron chi connectivity index (χ4n) is 2.22. The van der Waals surface area contributed by atoms with Crippen molar-refractivity contribution >= 4 is 5.97 Å². The molecule has 0 saturated heterocycles. The van der Waals surface area contributed by atoms with Gasteiger partial charge in [-0.2, -0.15) is 0 Å². The van der Waals surface area contributed by atoms with Gasteiger partial charge in [-0.15, -0.1) is 5.76 Å². The van der Waals surface area contributed by atoms with E-state index in [0.717, 1.165) is 25.7 Å². The smallest absolute Gasteiger partial charge is 0.874 e. The van der Waals surface area contributed by atoms with E-state index in [-0.39, 0.29) is 57.1 Å². The van der Waals surface area contributed by atoms with Crippen LogP contribution in [0.2, 0.25) is 0 Å². The van der Waals surface area contributed by atoms with Crippen LogP contribution in [0.5, 0.6) is 0 Å². The first-order valence-electron chi connectivity index (χ1n) is 8.66. The molecule has 136 valence electrons. The van der Waals surface area contributed by atoms with Crippen molar-refractivity contribution in [1.29, 1.82) is 0 Å². The van der Waals surface area contributed by atoms with E-state index < -0.39 is 18.1 Å². The molecule has 0 rings (SSSR count). The summed E-state index contributed by atoms with van der Waals surface area (Å²) in [6.45, 7) is 6.99. The molecule has 0 heterocycles. The van der Waals surface area contributed by atoms with Gasteiger partial charge in [0.1, 0.15) is 6.04 Å². The van der Waals surface area contributed by atoms with E-state index in [9.17, 15) is 20.1 Å². The zero-order chi connectivity index (χ0) is 17.7. The molecule has 0 aliphatic rings. The second kappa shape index (κ2) is 16.8. The molecular formula is C17H33KN2O4. The Morgan fingerprint density at radius 2 is 1.92 bits per heavy atom. The summed E-state index contributed by atoms with van der Waals surface area (Å²) in [4.78, 5) is 12.9. The molecule has 2 atom stereocenters. The van der Waals surface area contributed by atoms with E-state index in [0.29, 0.717) is 32.5 Å². The fraction of sp³-hybridized carbons (Fsp3) is 0.824. The van der Waals surface area contributed by atoms with Crippen molar-refractivity contribution in [2.24, 2.45) is 0 Å². The Bertz CT molecular complexity index is 353. The van der Waals surface area contributed by atoms with Crippen molar-refractivity contribution in [3.05, 3.63) is 12.0 Å². The molecule has 0 aromatic rings. The molecule has 0 aliphatic carbocycles. The van der Waals surface area contributed by atoms with Crippen LogP contribution in [-0.4, -0.2) is 52.9 Å². The van der Waals surface area contributed by atoms with Gasteiger partial charge >= 0.3 is 57.4 Å². The molecule has 3 N–H and O–H groups in total. The number of hydrogen-bond donors (Lipinski definition) is 3. The number of nitrogens with one attached hydrogen (secondary N) is 1. The van der Waals surface area contributed by atoms with Crippen LogP contribution in [0.3, 0.4) is 0 Å². The number of unbranched alkanes of at least 4 members (excludes halogenated alkanes) is 2. The van der Waals surface area contributed by atoms with Crippen LogP contribution in [0.1, 0.15) is 59.3 Å². The Balaban J connectivity index is 0. The van der Waals surface area contributed by atoms with Gasteiger partial charge in [0.25, 0.3) is 0 Å². The van der Waals surface area contributed by atoms with Gasteiger partial charge in [-0.05, 0) is 26.0 Å². The van der Waals surface area contributed by atoms with Crippen molar-refractivity contribution in [2.45, 2.75) is 71.4 Å². The van der Waals surface area contributed by atoms with E-state index in [4.69, 9.17) is 0 Å². The molecule has 0 aromatic carbocycles. The van der Waals surface area contributed by atoms with E-state index in [2.05, 4.69) is 12.2 Å². The number of nitrogens with zero attached hydrogens (tertiary/aromatic N) is 1. The summed E-state index contributed by atoms with van der Waals surface area (Å²) in [6.07, 6.45) is 5.94. The first-order chi connectivity index (χ1) is 10.9. The number of carbonyl (C=O) groups is 1. The number of carboxylic acid groups (broad SMARTS) is 1. The quantitative estimate of drug-likeness (QED) is 0.192. The minimum atomic E-state index is -0.907. The van der Waals surface area contributed by atoms with Crippen LogP contribution < -0.4 is 61.8 Å². The Hall–Kier alpha value is 0.366. The van der Waals surface area contributed by atoms with Crippen molar-refractivity contribution < 1.29 is 71.5 Å². The maximum Gasteiger partial charge on any atom is 1.00 e. The standard InChI is InChI=1S/C17H34N2O4.K/c1-4-6-8-15(20)12-18-10-11-19(14(3)17(22)23)13-16(21)9-7-5-2;/h12,14,16,18,20-21H,4-11,13H2,1-3H3,(H,22,23);/q;+1/p-1/b15-12-;. The Labute approximate surface area is 189 Å². The molecular weight excluding hydrogens is 335 g/mol. The number of rotatable bonds is 14. The molecule has 7 heteroatoms. The summed E-state index contributed by atoms with van der Waals surface area (Å²) in [5, 5.41) is 33.6. The SMILES string of the molecule is CCCC/C([O-])=C/NCCN(CC(O)CCCC)C(C)C(=O)O.[K+]. The average molecular weight is 369 g/mol. The summed E-state index contributed by atoms with van der Waals surface area (Å²) in [5.74, 6) is -0.844. The van der Waals surface area contributed by atoms with Crippen LogP contribution in [0.4, 0.5) is 0 Å². The number of aliphatic hydroxyl groups excluding tert-OH is 1. The molecule has 2 unspecified atom stereocenters. The number of hydrogen-bond acceptors (Lipinski definition) is 5. The van der Waals surface area contributed by atoms with Crippen LogP contribution in [0.15, 0.2) is 12.0 Å². The first-order valence-corrected chi connectivity index (χ1v) is 8.66. The van der Waals surface area contributed by atoms with Gasteiger partial charge in [-0.25, -0.2) is 0 Å². The second-order valence-electron chi connectivity index (χ2n) is 5.97. The largest absolute Gasteiger partial charge is 1.00 e. The molecule has 0 fully saturated rings. The summed E-state index contributed by atoms with van der Waals surface area (Å²) in [7, 11) is 0. The average Bonchev–Trinajstić information content (AvgIpc) is 2.52. The molecule has 0 saturated carbocycles. The van der Waals surface area contributed by atoms with Gasteiger partial charge in [0, 0.05) is 19.6 Å². The molecule has 24 heavy (non-hydrogen) atoms. The maximum atomic E-state index is 11.5. The van der Waals surface area contributed by atoms with E-state index in [1.54, 1.807) is 11.8 Å². The number of aliphatic hydroxyl groups is 1. The van der Waals surface area contributed by atoms with Crippen molar-refractivity contribution in [1.82, 2.24) is 10.2 Å². The first kappa shape index (κ1) is 26.6. The molecule has 0 aromatic heterocycles. The third kappa shape index (κ3) is 13.6. The van der Waals surface area contributed by atoms with Gasteiger partial charge in [0.2, 0.25) is 0 Å². The fourth-order valence-corrected chi connectivity index (χ4v) is 2.22. The van der Waals surface area contributed by atoms with E-state index in [1.165, 1.54) is 6.20 Å². The predicted octanol–water partition coefficient (Wildman–Crippen LogP) is -1.70. The monoisotopic (exact) mass is 368 g/mol. The van der Waals surface area contributed by atoms with Crippen LogP contribution in [-0.2, 0) is 4.79 Å². The van der Waals surface area contributed by atoms with Gasteiger partial charge in [0.15, 0.2) is 0 Å². The molecule has 0 aliphatic heterocycles. The molecule has 6 nitrogen and oxygen atoms in total. The summed E-state index contributed by atoms with van der Waals surface area (Å²) in [5.41, 5.74) is 0. The third-order valence-corrected chi connectivity index (χ3v) is 3.82. The predicted molar refractivity (Wildman–Crippen MR) is 89.8 cm³/mol. The van der Waals surface area contributed by atoms with Gasteiger partial charge < -0.3 is 20.6 Å². The van der Waals surface area contributed by atoms with Crippen LogP contribution in [0, 0.1) is 0 Å². The van der Waals surface area contributed by atoms with Crippen molar-refractivity contribution in [3.8, 4) is 0 Å². The van der Waals surface area contributed by atoms with Crippen LogP contribution in [0.25, 0.3) is 0 Å². The second-order valence-corrected chi connectivity index (χ2v) is 5.97. The molecule has 0 radical (unpaired) electrons. The number of aliphatic carboxylic acids is 1. The summed E-state index contributed by atoms with van der Waals surface area (Å²) < 4.78 is 0. The van der Waals surface area contributed by atoms with Gasteiger partial charge in [-0.3, -0.25) is 9.69 Å². The van der Waals surface area contributed by atoms with Crippen molar-refractivity contribution in [2.75, 3.05) is 19.6 Å². The number of allylic oxidation sites excluding steroid dienone is 1. The van der Waals surface area contributed by atoms with Gasteiger partial charge in [-0.1, -0.05) is 39.5 Å². The zero-order valence-corrected chi connectivity index (χ0v) is 18.9. The van der Waals surface area contributed by atoms with Gasteiger partial charge in [0.05, 0.1) is 6.10 Å². The zero-order valence-electron chi connectivity index (χ0n) is 15.8. The van der Waals surface area contributed by atoms with E-state index >= 15 is 0 Å². The molecule has 0 bridgehead atoms. The summed E-state index contributed by atoms with van der Waals surface area (Å²) >= 11 is 0. The third-order valence-electron chi connectivity index (χ3n) is 3.82.